The molecule has 8 nitrogen and oxygen atoms in total. The molecule has 0 bridgehead atoms. The van der Waals surface area contributed by atoms with Crippen molar-refractivity contribution in [2.24, 2.45) is 0 Å². The summed E-state index contributed by atoms with van der Waals surface area (Å²) in [6.45, 7) is 4.19. The van der Waals surface area contributed by atoms with Gasteiger partial charge >= 0.3 is 0 Å². The van der Waals surface area contributed by atoms with E-state index < -0.39 is 0 Å². The van der Waals surface area contributed by atoms with E-state index >= 15 is 0 Å². The molecule has 29 heavy (non-hydrogen) atoms. The van der Waals surface area contributed by atoms with Crippen molar-refractivity contribution < 1.29 is 14.0 Å². The van der Waals surface area contributed by atoms with E-state index in [1.807, 2.05) is 36.1 Å². The zero-order chi connectivity index (χ0) is 20.2. The Morgan fingerprint density at radius 3 is 2.62 bits per heavy atom. The Morgan fingerprint density at radius 1 is 1.07 bits per heavy atom. The van der Waals surface area contributed by atoms with Gasteiger partial charge in [0.15, 0.2) is 5.76 Å². The summed E-state index contributed by atoms with van der Waals surface area (Å²) >= 11 is 0. The van der Waals surface area contributed by atoms with Gasteiger partial charge in [-0.05, 0) is 42.8 Å². The summed E-state index contributed by atoms with van der Waals surface area (Å²) in [5.74, 6) is 0.407. The third kappa shape index (κ3) is 4.26. The highest BCUT2D eigenvalue weighted by Gasteiger charge is 2.25. The van der Waals surface area contributed by atoms with Crippen LogP contribution < -0.4 is 10.2 Å². The van der Waals surface area contributed by atoms with E-state index in [-0.39, 0.29) is 11.8 Å². The lowest BCUT2D eigenvalue weighted by Gasteiger charge is -2.34. The fraction of sp³-hybridized carbons (Fsp3) is 0.238. The highest BCUT2D eigenvalue weighted by atomic mass is 16.3. The van der Waals surface area contributed by atoms with Crippen molar-refractivity contribution in [2.75, 3.05) is 36.4 Å². The van der Waals surface area contributed by atoms with Crippen molar-refractivity contribution in [3.8, 4) is 0 Å². The van der Waals surface area contributed by atoms with Gasteiger partial charge in [-0.1, -0.05) is 12.1 Å². The van der Waals surface area contributed by atoms with E-state index in [1.54, 1.807) is 29.3 Å². The van der Waals surface area contributed by atoms with Crippen molar-refractivity contribution in [3.05, 3.63) is 71.9 Å². The topological polar surface area (TPSA) is 91.6 Å². The van der Waals surface area contributed by atoms with Gasteiger partial charge in [-0.3, -0.25) is 9.59 Å². The summed E-state index contributed by atoms with van der Waals surface area (Å²) in [6.07, 6.45) is 3.07. The smallest absolute Gasteiger partial charge is 0.289 e. The maximum Gasteiger partial charge on any atom is 0.289 e. The predicted molar refractivity (Wildman–Crippen MR) is 108 cm³/mol. The van der Waals surface area contributed by atoms with Gasteiger partial charge in [0, 0.05) is 38.1 Å². The van der Waals surface area contributed by atoms with Crippen molar-refractivity contribution in [1.82, 2.24) is 14.9 Å². The van der Waals surface area contributed by atoms with Crippen LogP contribution in [0.5, 0.6) is 0 Å². The van der Waals surface area contributed by atoms with Gasteiger partial charge in [-0.15, -0.1) is 0 Å². The molecule has 1 aliphatic heterocycles. The molecule has 3 heterocycles. The number of nitrogens with zero attached hydrogens (tertiary/aromatic N) is 4. The van der Waals surface area contributed by atoms with Gasteiger partial charge in [0.1, 0.15) is 5.69 Å². The van der Waals surface area contributed by atoms with Crippen molar-refractivity contribution in [2.45, 2.75) is 6.92 Å². The average Bonchev–Trinajstić information content (AvgIpc) is 3.28. The van der Waals surface area contributed by atoms with Crippen molar-refractivity contribution >= 4 is 23.5 Å². The lowest BCUT2D eigenvalue weighted by molar-refractivity contribution is 0.0714. The number of hydrogen-bond donors (Lipinski definition) is 1. The van der Waals surface area contributed by atoms with E-state index in [9.17, 15) is 9.59 Å². The predicted octanol–water partition coefficient (Wildman–Crippen LogP) is 2.59. The van der Waals surface area contributed by atoms with Gasteiger partial charge in [0.25, 0.3) is 11.8 Å². The molecule has 3 aromatic rings. The molecule has 0 unspecified atom stereocenters. The molecular weight excluding hydrogens is 370 g/mol. The number of piperazine rings is 1. The largest absolute Gasteiger partial charge is 0.459 e. The van der Waals surface area contributed by atoms with Gasteiger partial charge in [-0.2, -0.15) is 0 Å². The van der Waals surface area contributed by atoms with Crippen LogP contribution in [0.1, 0.15) is 26.6 Å². The molecular formula is C21H21N5O3. The number of nitrogens with one attached hydrogen (secondary N) is 1. The Morgan fingerprint density at radius 2 is 1.90 bits per heavy atom. The van der Waals surface area contributed by atoms with Gasteiger partial charge in [0.05, 0.1) is 6.26 Å². The van der Waals surface area contributed by atoms with Crippen LogP contribution in [0.2, 0.25) is 0 Å². The van der Waals surface area contributed by atoms with Crippen LogP contribution in [-0.2, 0) is 0 Å². The zero-order valence-electron chi connectivity index (χ0n) is 16.0. The number of carbonyl (C=O) groups is 2. The molecule has 2 amide bonds. The maximum absolute atomic E-state index is 12.5. The lowest BCUT2D eigenvalue weighted by Crippen LogP contribution is -2.49. The lowest BCUT2D eigenvalue weighted by atomic mass is 10.2. The third-order valence-electron chi connectivity index (χ3n) is 4.73. The second-order valence-electron chi connectivity index (χ2n) is 6.82. The minimum atomic E-state index is -0.286. The first-order chi connectivity index (χ1) is 14.1. The molecule has 1 saturated heterocycles. The van der Waals surface area contributed by atoms with Crippen molar-refractivity contribution in [1.29, 1.82) is 0 Å². The first-order valence-electron chi connectivity index (χ1n) is 9.39. The summed E-state index contributed by atoms with van der Waals surface area (Å²) in [5, 5.41) is 2.86. The molecule has 0 saturated carbocycles. The molecule has 0 spiro atoms. The molecule has 1 fully saturated rings. The van der Waals surface area contributed by atoms with Crippen LogP contribution in [0.3, 0.4) is 0 Å². The van der Waals surface area contributed by atoms with Crippen LogP contribution in [0.25, 0.3) is 0 Å². The Balaban J connectivity index is 1.40. The molecule has 8 heteroatoms. The second-order valence-corrected chi connectivity index (χ2v) is 6.82. The summed E-state index contributed by atoms with van der Waals surface area (Å²) in [4.78, 5) is 37.3. The number of hydrogen-bond acceptors (Lipinski definition) is 6. The molecule has 148 valence electrons. The summed E-state index contributed by atoms with van der Waals surface area (Å²) in [5.41, 5.74) is 2.08. The molecule has 0 aliphatic carbocycles. The molecule has 0 atom stereocenters. The van der Waals surface area contributed by atoms with Crippen LogP contribution in [-0.4, -0.2) is 52.9 Å². The van der Waals surface area contributed by atoms with Crippen LogP contribution in [0, 0.1) is 6.92 Å². The molecule has 1 N–H and O–H groups in total. The number of rotatable bonds is 4. The quantitative estimate of drug-likeness (QED) is 0.735. The van der Waals surface area contributed by atoms with E-state index in [1.165, 1.54) is 6.26 Å². The summed E-state index contributed by atoms with van der Waals surface area (Å²) in [6, 6.07) is 12.5. The first-order valence-corrected chi connectivity index (χ1v) is 9.39. The molecule has 1 aromatic carbocycles. The fourth-order valence-electron chi connectivity index (χ4n) is 3.21. The number of aromatic nitrogens is 2. The third-order valence-corrected chi connectivity index (χ3v) is 4.73. The number of amides is 2. The minimum absolute atomic E-state index is 0.123. The van der Waals surface area contributed by atoms with E-state index in [2.05, 4.69) is 15.3 Å². The Bertz CT molecular complexity index is 1010. The van der Waals surface area contributed by atoms with Crippen LogP contribution >= 0.6 is 0 Å². The fourth-order valence-corrected chi connectivity index (χ4v) is 3.21. The number of anilines is 2. The van der Waals surface area contributed by atoms with Gasteiger partial charge in [0.2, 0.25) is 5.95 Å². The van der Waals surface area contributed by atoms with Crippen LogP contribution in [0.15, 0.2) is 59.3 Å². The SMILES string of the molecule is Cc1cccc(NC(=O)c2ccnc(N3CCN(C(=O)c4ccco4)CC3)n2)c1. The first kappa shape index (κ1) is 18.7. The number of carbonyl (C=O) groups excluding carboxylic acids is 2. The number of benzene rings is 1. The van der Waals surface area contributed by atoms with Crippen LogP contribution in [0.4, 0.5) is 11.6 Å². The highest BCUT2D eigenvalue weighted by molar-refractivity contribution is 6.03. The Labute approximate surface area is 168 Å². The Kier molecular flexibility index (Phi) is 5.24. The summed E-state index contributed by atoms with van der Waals surface area (Å²) in [7, 11) is 0. The maximum atomic E-state index is 12.5. The Hall–Kier alpha value is -3.68. The standard InChI is InChI=1S/C21H21N5O3/c1-15-4-2-5-16(14-15)23-19(27)17-7-8-22-21(24-17)26-11-9-25(10-12-26)20(28)18-6-3-13-29-18/h2-8,13-14H,9-12H2,1H3,(H,23,27). The summed E-state index contributed by atoms with van der Waals surface area (Å²) < 4.78 is 5.18. The normalized spacial score (nSPS) is 14.0. The molecule has 1 aliphatic rings. The number of furan rings is 1. The van der Waals surface area contributed by atoms with Gasteiger partial charge in [-0.25, -0.2) is 9.97 Å². The number of aryl methyl sites for hydroxylation is 1. The molecule has 2 aromatic heterocycles. The molecule has 4 rings (SSSR count). The average molecular weight is 391 g/mol. The van der Waals surface area contributed by atoms with Crippen molar-refractivity contribution in [3.63, 3.8) is 0 Å². The highest BCUT2D eigenvalue weighted by Crippen LogP contribution is 2.15. The van der Waals surface area contributed by atoms with E-state index in [0.717, 1.165) is 11.3 Å². The zero-order valence-corrected chi connectivity index (χ0v) is 16.0. The van der Waals surface area contributed by atoms with E-state index in [4.69, 9.17) is 4.42 Å². The monoisotopic (exact) mass is 391 g/mol. The molecule has 0 radical (unpaired) electrons. The van der Waals surface area contributed by atoms with Gasteiger partial charge < -0.3 is 19.5 Å². The second kappa shape index (κ2) is 8.14. The van der Waals surface area contributed by atoms with E-state index in [0.29, 0.717) is 43.6 Å². The minimum Gasteiger partial charge on any atom is -0.459 e.